The summed E-state index contributed by atoms with van der Waals surface area (Å²) >= 11 is 0. The zero-order valence-corrected chi connectivity index (χ0v) is 11.9. The zero-order valence-electron chi connectivity index (χ0n) is 11.9. The fraction of sp³-hybridized carbons (Fsp3) is 0.467. The predicted octanol–water partition coefficient (Wildman–Crippen LogP) is 2.56. The Morgan fingerprint density at radius 1 is 1.32 bits per heavy atom. The Kier molecular flexibility index (Phi) is 4.68. The number of rotatable bonds is 6. The Morgan fingerprint density at radius 2 is 2.16 bits per heavy atom. The van der Waals surface area contributed by atoms with Crippen LogP contribution in [-0.4, -0.2) is 21.6 Å². The van der Waals surface area contributed by atoms with Gasteiger partial charge in [0, 0.05) is 31.3 Å². The normalized spacial score (nSPS) is 12.6. The van der Waals surface area contributed by atoms with E-state index in [9.17, 15) is 0 Å². The Balaban J connectivity index is 2.41. The average molecular weight is 258 g/mol. The second-order valence-electron chi connectivity index (χ2n) is 4.63. The highest BCUT2D eigenvalue weighted by atomic mass is 15.1. The van der Waals surface area contributed by atoms with Crippen molar-refractivity contribution in [2.45, 2.75) is 39.3 Å². The van der Waals surface area contributed by atoms with Crippen LogP contribution in [0.15, 0.2) is 30.9 Å². The largest absolute Gasteiger partial charge is 0.333 e. The summed E-state index contributed by atoms with van der Waals surface area (Å²) in [6.07, 6.45) is 9.82. The van der Waals surface area contributed by atoms with Crippen molar-refractivity contribution in [2.24, 2.45) is 0 Å². The molecule has 0 aliphatic heterocycles. The third-order valence-electron chi connectivity index (χ3n) is 3.39. The zero-order chi connectivity index (χ0) is 13.7. The Labute approximate surface area is 114 Å². The Bertz CT molecular complexity index is 518. The molecule has 0 radical (unpaired) electrons. The lowest BCUT2D eigenvalue weighted by atomic mass is 10.0. The SMILES string of the molecule is CCCn1ccnc1C(NC)c1ccncc1CC. The molecule has 1 N–H and O–H groups in total. The van der Waals surface area contributed by atoms with Crippen LogP contribution < -0.4 is 5.32 Å². The van der Waals surface area contributed by atoms with Gasteiger partial charge in [-0.25, -0.2) is 4.98 Å². The number of hydrogen-bond acceptors (Lipinski definition) is 3. The van der Waals surface area contributed by atoms with E-state index in [4.69, 9.17) is 0 Å². The van der Waals surface area contributed by atoms with E-state index in [1.807, 2.05) is 25.6 Å². The molecular weight excluding hydrogens is 236 g/mol. The smallest absolute Gasteiger partial charge is 0.130 e. The van der Waals surface area contributed by atoms with Gasteiger partial charge < -0.3 is 9.88 Å². The van der Waals surface area contributed by atoms with E-state index >= 15 is 0 Å². The van der Waals surface area contributed by atoms with Crippen LogP contribution in [0.25, 0.3) is 0 Å². The van der Waals surface area contributed by atoms with Crippen LogP contribution in [0.4, 0.5) is 0 Å². The molecule has 2 aromatic rings. The Morgan fingerprint density at radius 3 is 2.84 bits per heavy atom. The molecule has 0 fully saturated rings. The molecule has 0 saturated heterocycles. The summed E-state index contributed by atoms with van der Waals surface area (Å²) in [5.41, 5.74) is 2.54. The van der Waals surface area contributed by atoms with Gasteiger partial charge in [0.2, 0.25) is 0 Å². The summed E-state index contributed by atoms with van der Waals surface area (Å²) < 4.78 is 2.22. The molecule has 0 spiro atoms. The van der Waals surface area contributed by atoms with Crippen molar-refractivity contribution in [3.63, 3.8) is 0 Å². The van der Waals surface area contributed by atoms with Crippen molar-refractivity contribution in [3.8, 4) is 0 Å². The molecular formula is C15H22N4. The van der Waals surface area contributed by atoms with Crippen LogP contribution in [0.2, 0.25) is 0 Å². The lowest BCUT2D eigenvalue weighted by Gasteiger charge is -2.20. The van der Waals surface area contributed by atoms with Crippen molar-refractivity contribution in [3.05, 3.63) is 47.8 Å². The second kappa shape index (κ2) is 6.48. The fourth-order valence-electron chi connectivity index (χ4n) is 2.45. The van der Waals surface area contributed by atoms with E-state index in [0.29, 0.717) is 0 Å². The van der Waals surface area contributed by atoms with Gasteiger partial charge in [0.15, 0.2) is 0 Å². The minimum absolute atomic E-state index is 0.125. The lowest BCUT2D eigenvalue weighted by molar-refractivity contribution is 0.565. The van der Waals surface area contributed by atoms with Gasteiger partial charge in [-0.3, -0.25) is 4.98 Å². The molecule has 1 atom stereocenters. The van der Waals surface area contributed by atoms with Crippen molar-refractivity contribution >= 4 is 0 Å². The number of aromatic nitrogens is 3. The van der Waals surface area contributed by atoms with Gasteiger partial charge in [-0.05, 0) is 37.1 Å². The lowest BCUT2D eigenvalue weighted by Crippen LogP contribution is -2.23. The third kappa shape index (κ3) is 2.84. The van der Waals surface area contributed by atoms with Crippen LogP contribution in [0, 0.1) is 0 Å². The molecule has 2 rings (SSSR count). The standard InChI is InChI=1S/C15H22N4/c1-4-9-19-10-8-18-15(19)14(16-3)13-6-7-17-11-12(13)5-2/h6-8,10-11,14,16H,4-5,9H2,1-3H3. The molecule has 0 saturated carbocycles. The first-order valence-electron chi connectivity index (χ1n) is 6.92. The molecule has 19 heavy (non-hydrogen) atoms. The van der Waals surface area contributed by atoms with Gasteiger partial charge in [0.05, 0.1) is 6.04 Å². The van der Waals surface area contributed by atoms with Gasteiger partial charge in [0.1, 0.15) is 5.82 Å². The number of pyridine rings is 1. The van der Waals surface area contributed by atoms with E-state index in [-0.39, 0.29) is 6.04 Å². The van der Waals surface area contributed by atoms with Gasteiger partial charge in [-0.15, -0.1) is 0 Å². The van der Waals surface area contributed by atoms with Crippen LogP contribution >= 0.6 is 0 Å². The Hall–Kier alpha value is -1.68. The number of hydrogen-bond donors (Lipinski definition) is 1. The highest BCUT2D eigenvalue weighted by molar-refractivity contribution is 5.31. The third-order valence-corrected chi connectivity index (χ3v) is 3.39. The molecule has 2 aromatic heterocycles. The molecule has 0 bridgehead atoms. The van der Waals surface area contributed by atoms with E-state index < -0.39 is 0 Å². The van der Waals surface area contributed by atoms with Crippen LogP contribution in [0.1, 0.15) is 43.3 Å². The quantitative estimate of drug-likeness (QED) is 0.866. The number of imidazole rings is 1. The van der Waals surface area contributed by atoms with Crippen LogP contribution in [0.3, 0.4) is 0 Å². The maximum absolute atomic E-state index is 4.54. The maximum atomic E-state index is 4.54. The van der Waals surface area contributed by atoms with E-state index in [1.165, 1.54) is 11.1 Å². The molecule has 0 aliphatic carbocycles. The molecule has 0 amide bonds. The molecule has 102 valence electrons. The fourth-order valence-corrected chi connectivity index (χ4v) is 2.45. The number of nitrogens with zero attached hydrogens (tertiary/aromatic N) is 3. The molecule has 0 aromatic carbocycles. The first kappa shape index (κ1) is 13.7. The highest BCUT2D eigenvalue weighted by Gasteiger charge is 2.19. The maximum Gasteiger partial charge on any atom is 0.130 e. The van der Waals surface area contributed by atoms with Gasteiger partial charge in [-0.1, -0.05) is 13.8 Å². The number of nitrogens with one attached hydrogen (secondary N) is 1. The predicted molar refractivity (Wildman–Crippen MR) is 77.0 cm³/mol. The number of aryl methyl sites for hydroxylation is 2. The topological polar surface area (TPSA) is 42.7 Å². The van der Waals surface area contributed by atoms with Crippen molar-refractivity contribution < 1.29 is 0 Å². The van der Waals surface area contributed by atoms with Crippen molar-refractivity contribution in [1.82, 2.24) is 19.9 Å². The summed E-state index contributed by atoms with van der Waals surface area (Å²) in [4.78, 5) is 8.76. The summed E-state index contributed by atoms with van der Waals surface area (Å²) in [5.74, 6) is 1.07. The molecule has 4 heteroatoms. The summed E-state index contributed by atoms with van der Waals surface area (Å²) in [5, 5.41) is 3.38. The van der Waals surface area contributed by atoms with E-state index in [0.717, 1.165) is 25.2 Å². The van der Waals surface area contributed by atoms with Gasteiger partial charge in [0.25, 0.3) is 0 Å². The second-order valence-corrected chi connectivity index (χ2v) is 4.63. The average Bonchev–Trinajstić information content (AvgIpc) is 2.89. The van der Waals surface area contributed by atoms with Crippen LogP contribution in [-0.2, 0) is 13.0 Å². The summed E-state index contributed by atoms with van der Waals surface area (Å²) in [6, 6.07) is 2.21. The highest BCUT2D eigenvalue weighted by Crippen LogP contribution is 2.23. The van der Waals surface area contributed by atoms with Crippen molar-refractivity contribution in [1.29, 1.82) is 0 Å². The van der Waals surface area contributed by atoms with Crippen LogP contribution in [0.5, 0.6) is 0 Å². The van der Waals surface area contributed by atoms with E-state index in [1.54, 1.807) is 0 Å². The summed E-state index contributed by atoms with van der Waals surface area (Å²) in [7, 11) is 1.98. The minimum atomic E-state index is 0.125. The molecule has 4 nitrogen and oxygen atoms in total. The molecule has 0 aliphatic rings. The van der Waals surface area contributed by atoms with E-state index in [2.05, 4.69) is 46.0 Å². The minimum Gasteiger partial charge on any atom is -0.333 e. The monoisotopic (exact) mass is 258 g/mol. The van der Waals surface area contributed by atoms with Gasteiger partial charge >= 0.3 is 0 Å². The van der Waals surface area contributed by atoms with Gasteiger partial charge in [-0.2, -0.15) is 0 Å². The molecule has 1 unspecified atom stereocenters. The molecule has 2 heterocycles. The first-order chi connectivity index (χ1) is 9.31. The van der Waals surface area contributed by atoms with Crippen molar-refractivity contribution in [2.75, 3.05) is 7.05 Å². The summed E-state index contributed by atoms with van der Waals surface area (Å²) in [6.45, 7) is 5.34. The first-order valence-corrected chi connectivity index (χ1v) is 6.92.